The minimum atomic E-state index is -3.44. The van der Waals surface area contributed by atoms with Crippen molar-refractivity contribution in [2.24, 2.45) is 5.73 Å². The van der Waals surface area contributed by atoms with Crippen LogP contribution in [0.3, 0.4) is 0 Å². The normalized spacial score (nSPS) is 13.2. The average Bonchev–Trinajstić information content (AvgIpc) is 2.46. The molecule has 1 atom stereocenters. The van der Waals surface area contributed by atoms with E-state index in [1.54, 1.807) is 0 Å². The number of methoxy groups -OCH3 is 3. The summed E-state index contributed by atoms with van der Waals surface area (Å²) in [5.74, 6) is 0.400. The molecule has 0 aliphatic heterocycles. The van der Waals surface area contributed by atoms with Gasteiger partial charge in [-0.25, -0.2) is 0 Å². The molecule has 114 valence electrons. The largest absolute Gasteiger partial charge is 0.496 e. The summed E-state index contributed by atoms with van der Waals surface area (Å²) in [7, 11) is 3.70. The number of halogens is 2. The van der Waals surface area contributed by atoms with E-state index in [9.17, 15) is 8.78 Å². The lowest BCUT2D eigenvalue weighted by Crippen LogP contribution is -2.22. The molecule has 1 aromatic rings. The highest BCUT2D eigenvalue weighted by Gasteiger charge is 2.36. The van der Waals surface area contributed by atoms with Crippen LogP contribution in [0, 0.1) is 0 Å². The number of benzene rings is 1. The highest BCUT2D eigenvalue weighted by atomic mass is 19.3. The van der Waals surface area contributed by atoms with E-state index >= 15 is 0 Å². The van der Waals surface area contributed by atoms with Gasteiger partial charge in [0.05, 0.1) is 19.8 Å². The fraction of sp³-hybridized carbons (Fsp3) is 0.571. The van der Waals surface area contributed by atoms with Crippen molar-refractivity contribution in [2.45, 2.75) is 31.9 Å². The second-order valence-corrected chi connectivity index (χ2v) is 4.46. The van der Waals surface area contributed by atoms with E-state index in [1.165, 1.54) is 26.4 Å². The molecule has 6 heteroatoms. The van der Waals surface area contributed by atoms with Gasteiger partial charge in [0, 0.05) is 13.2 Å². The van der Waals surface area contributed by atoms with Crippen LogP contribution in [0.4, 0.5) is 8.78 Å². The van der Waals surface area contributed by atoms with E-state index in [1.807, 2.05) is 6.92 Å². The summed E-state index contributed by atoms with van der Waals surface area (Å²) >= 11 is 0. The first-order chi connectivity index (χ1) is 9.39. The van der Waals surface area contributed by atoms with Gasteiger partial charge >= 0.3 is 6.11 Å². The Morgan fingerprint density at radius 1 is 1.15 bits per heavy atom. The lowest BCUT2D eigenvalue weighted by Gasteiger charge is -2.21. The topological polar surface area (TPSA) is 53.7 Å². The van der Waals surface area contributed by atoms with Gasteiger partial charge in [0.15, 0.2) is 0 Å². The Hall–Kier alpha value is -1.40. The predicted molar refractivity (Wildman–Crippen MR) is 72.4 cm³/mol. The summed E-state index contributed by atoms with van der Waals surface area (Å²) in [5, 5.41) is 0. The van der Waals surface area contributed by atoms with E-state index in [2.05, 4.69) is 4.74 Å². The Kier molecular flexibility index (Phi) is 5.71. The average molecular weight is 289 g/mol. The summed E-state index contributed by atoms with van der Waals surface area (Å²) < 4.78 is 41.9. The number of nitrogens with two attached hydrogens (primary N) is 1. The summed E-state index contributed by atoms with van der Waals surface area (Å²) in [6, 6.07) is 2.69. The van der Waals surface area contributed by atoms with Crippen LogP contribution in [0.15, 0.2) is 12.1 Å². The van der Waals surface area contributed by atoms with E-state index in [0.29, 0.717) is 12.2 Å². The van der Waals surface area contributed by atoms with Gasteiger partial charge < -0.3 is 19.9 Å². The van der Waals surface area contributed by atoms with Crippen LogP contribution in [-0.2, 0) is 17.3 Å². The second-order valence-electron chi connectivity index (χ2n) is 4.46. The van der Waals surface area contributed by atoms with Gasteiger partial charge in [-0.1, -0.05) is 6.92 Å². The third kappa shape index (κ3) is 3.58. The monoisotopic (exact) mass is 289 g/mol. The highest BCUT2D eigenvalue weighted by Crippen LogP contribution is 2.39. The lowest BCUT2D eigenvalue weighted by molar-refractivity contribution is -0.232. The maximum absolute atomic E-state index is 13.7. The number of hydrogen-bond donors (Lipinski definition) is 1. The van der Waals surface area contributed by atoms with Gasteiger partial charge in [-0.2, -0.15) is 8.78 Å². The molecule has 4 nitrogen and oxygen atoms in total. The number of alkyl halides is 2. The maximum atomic E-state index is 13.7. The fourth-order valence-corrected chi connectivity index (χ4v) is 1.88. The van der Waals surface area contributed by atoms with Crippen LogP contribution in [-0.4, -0.2) is 27.4 Å². The van der Waals surface area contributed by atoms with Gasteiger partial charge in [-0.15, -0.1) is 0 Å². The van der Waals surface area contributed by atoms with Crippen LogP contribution in [0.1, 0.15) is 24.5 Å². The molecule has 0 saturated heterocycles. The van der Waals surface area contributed by atoms with Gasteiger partial charge in [-0.3, -0.25) is 0 Å². The smallest absolute Gasteiger partial charge is 0.386 e. The van der Waals surface area contributed by atoms with E-state index in [-0.39, 0.29) is 17.4 Å². The first kappa shape index (κ1) is 16.7. The molecule has 0 aromatic heterocycles. The van der Waals surface area contributed by atoms with Crippen molar-refractivity contribution < 1.29 is 23.0 Å². The zero-order valence-corrected chi connectivity index (χ0v) is 12.2. The van der Waals surface area contributed by atoms with Crippen molar-refractivity contribution in [1.29, 1.82) is 0 Å². The van der Waals surface area contributed by atoms with Crippen molar-refractivity contribution in [1.82, 2.24) is 0 Å². The second kappa shape index (κ2) is 6.85. The molecule has 2 N–H and O–H groups in total. The molecule has 0 radical (unpaired) electrons. The van der Waals surface area contributed by atoms with Crippen LogP contribution >= 0.6 is 0 Å². The standard InChI is InChI=1S/C14H21F2NO3/c1-5-10(17)6-9-7-13(19-3)11(8-12(9)18-2)14(15,16)20-4/h7-8,10H,5-6,17H2,1-4H3/t10-/m1/s1. The molecule has 0 saturated carbocycles. The van der Waals surface area contributed by atoms with Crippen molar-refractivity contribution >= 4 is 0 Å². The van der Waals surface area contributed by atoms with E-state index in [0.717, 1.165) is 19.1 Å². The predicted octanol–water partition coefficient (Wildman–Crippen LogP) is 2.68. The molecule has 1 aromatic carbocycles. The van der Waals surface area contributed by atoms with E-state index < -0.39 is 6.11 Å². The quantitative estimate of drug-likeness (QED) is 0.838. The zero-order chi connectivity index (χ0) is 15.3. The zero-order valence-electron chi connectivity index (χ0n) is 12.2. The van der Waals surface area contributed by atoms with Crippen LogP contribution < -0.4 is 15.2 Å². The molecular weight excluding hydrogens is 268 g/mol. The number of hydrogen-bond acceptors (Lipinski definition) is 4. The summed E-state index contributed by atoms with van der Waals surface area (Å²) in [6.07, 6.45) is -2.14. The molecule has 0 bridgehead atoms. The van der Waals surface area contributed by atoms with Gasteiger partial charge in [-0.05, 0) is 30.5 Å². The van der Waals surface area contributed by atoms with Crippen molar-refractivity contribution in [3.63, 3.8) is 0 Å². The fourth-order valence-electron chi connectivity index (χ4n) is 1.88. The molecular formula is C14H21F2NO3. The minimum absolute atomic E-state index is 0.0518. The molecule has 0 unspecified atom stereocenters. The molecule has 0 amide bonds. The highest BCUT2D eigenvalue weighted by molar-refractivity contribution is 5.48. The SMILES string of the molecule is CC[C@@H](N)Cc1cc(OC)c(C(F)(F)OC)cc1OC. The summed E-state index contributed by atoms with van der Waals surface area (Å²) in [6.45, 7) is 1.96. The molecule has 0 spiro atoms. The molecule has 1 rings (SSSR count). The van der Waals surface area contributed by atoms with Gasteiger partial charge in [0.25, 0.3) is 0 Å². The third-order valence-electron chi connectivity index (χ3n) is 3.18. The van der Waals surface area contributed by atoms with Crippen LogP contribution in [0.2, 0.25) is 0 Å². The number of ether oxygens (including phenoxy) is 3. The van der Waals surface area contributed by atoms with Crippen LogP contribution in [0.5, 0.6) is 11.5 Å². The Labute approximate surface area is 117 Å². The first-order valence-electron chi connectivity index (χ1n) is 6.33. The van der Waals surface area contributed by atoms with E-state index in [4.69, 9.17) is 15.2 Å². The van der Waals surface area contributed by atoms with Crippen molar-refractivity contribution in [3.8, 4) is 11.5 Å². The summed E-state index contributed by atoms with van der Waals surface area (Å²) in [4.78, 5) is 0. The maximum Gasteiger partial charge on any atom is 0.386 e. The van der Waals surface area contributed by atoms with Crippen molar-refractivity contribution in [2.75, 3.05) is 21.3 Å². The molecule has 0 aliphatic rings. The molecule has 0 heterocycles. The lowest BCUT2D eigenvalue weighted by atomic mass is 10.0. The van der Waals surface area contributed by atoms with Crippen LogP contribution in [0.25, 0.3) is 0 Å². The third-order valence-corrected chi connectivity index (χ3v) is 3.18. The molecule has 0 aliphatic carbocycles. The molecule has 0 fully saturated rings. The van der Waals surface area contributed by atoms with Gasteiger partial charge in [0.1, 0.15) is 11.5 Å². The summed E-state index contributed by atoms with van der Waals surface area (Å²) in [5.41, 5.74) is 6.26. The van der Waals surface area contributed by atoms with Gasteiger partial charge in [0.2, 0.25) is 0 Å². The first-order valence-corrected chi connectivity index (χ1v) is 6.33. The Morgan fingerprint density at radius 3 is 2.20 bits per heavy atom. The minimum Gasteiger partial charge on any atom is -0.496 e. The molecule has 20 heavy (non-hydrogen) atoms. The Bertz CT molecular complexity index is 452. The van der Waals surface area contributed by atoms with Crippen molar-refractivity contribution in [3.05, 3.63) is 23.3 Å². The Morgan fingerprint density at radius 2 is 1.75 bits per heavy atom. The number of rotatable bonds is 7. The Balaban J connectivity index is 3.30.